The summed E-state index contributed by atoms with van der Waals surface area (Å²) >= 11 is 0. The Labute approximate surface area is 233 Å². The second-order valence-electron chi connectivity index (χ2n) is 10.8. The first kappa shape index (κ1) is 27.0. The van der Waals surface area contributed by atoms with Crippen LogP contribution in [0.1, 0.15) is 33.3 Å². The normalized spacial score (nSPS) is 16.3. The van der Waals surface area contributed by atoms with E-state index >= 15 is 0 Å². The maximum Gasteiger partial charge on any atom is 0.502 e. The molecule has 42 heavy (non-hydrogen) atoms. The molecule has 0 atom stereocenters. The number of nitrogens with zero attached hydrogens (tertiary/aromatic N) is 1. The van der Waals surface area contributed by atoms with Crippen LogP contribution in [0.4, 0.5) is 0 Å². The van der Waals surface area contributed by atoms with E-state index in [1.54, 1.807) is 27.7 Å². The van der Waals surface area contributed by atoms with Gasteiger partial charge < -0.3 is 55.3 Å². The summed E-state index contributed by atoms with van der Waals surface area (Å²) in [5.41, 5.74) is -7.71. The molecule has 222 valence electrons. The van der Waals surface area contributed by atoms with Crippen LogP contribution in [-0.4, -0.2) is 68.7 Å². The van der Waals surface area contributed by atoms with Crippen LogP contribution in [0, 0.1) is 6.92 Å². The number of rotatable bonds is 1. The molecule has 16 nitrogen and oxygen atoms in total. The molecule has 2 aromatic heterocycles. The maximum absolute atomic E-state index is 11.4. The van der Waals surface area contributed by atoms with Gasteiger partial charge in [0.25, 0.3) is 5.58 Å². The molecule has 3 aromatic carbocycles. The SMILES string of the molecule is Cc1c(O)c2ooc3c(O)c(O)c(O)c(O)c3n3c4c(O)c(O)c(B5OC(C)(C)C(C)(C)O5)c(O)c4ooc(c1O)c23. The van der Waals surface area contributed by atoms with Crippen molar-refractivity contribution in [1.82, 2.24) is 4.40 Å². The van der Waals surface area contributed by atoms with Crippen molar-refractivity contribution >= 4 is 51.5 Å². The lowest BCUT2D eigenvalue weighted by Crippen LogP contribution is -2.41. The van der Waals surface area contributed by atoms with Crippen molar-refractivity contribution in [3.8, 4) is 51.7 Å². The van der Waals surface area contributed by atoms with Crippen LogP contribution >= 0.6 is 0 Å². The van der Waals surface area contributed by atoms with Crippen LogP contribution in [0.25, 0.3) is 38.9 Å². The molecule has 0 aliphatic carbocycles. The fourth-order valence-electron chi connectivity index (χ4n) is 4.76. The van der Waals surface area contributed by atoms with Gasteiger partial charge in [0.15, 0.2) is 40.0 Å². The molecule has 17 heteroatoms. The van der Waals surface area contributed by atoms with E-state index in [0.29, 0.717) is 4.40 Å². The van der Waals surface area contributed by atoms with Crippen LogP contribution in [0.15, 0.2) is 18.3 Å². The number of fused-ring (bicyclic) bond motifs is 4. The molecule has 0 bridgehead atoms. The van der Waals surface area contributed by atoms with Gasteiger partial charge in [0, 0.05) is 5.56 Å². The summed E-state index contributed by atoms with van der Waals surface area (Å²) in [7, 11) is -1.46. The molecule has 0 amide bonds. The van der Waals surface area contributed by atoms with E-state index in [1.165, 1.54) is 6.92 Å². The van der Waals surface area contributed by atoms with E-state index in [1.807, 2.05) is 0 Å². The number of phenolic OH excluding ortho intramolecular Hbond substituents is 9. The van der Waals surface area contributed by atoms with E-state index in [-0.39, 0.29) is 5.56 Å². The van der Waals surface area contributed by atoms with E-state index in [4.69, 9.17) is 27.6 Å². The fraction of sp³-hybridized carbons (Fsp3) is 0.280. The van der Waals surface area contributed by atoms with Gasteiger partial charge in [-0.15, -0.1) is 0 Å². The predicted octanol–water partition coefficient (Wildman–Crippen LogP) is 3.42. The van der Waals surface area contributed by atoms with Crippen LogP contribution in [0.5, 0.6) is 51.7 Å². The maximum atomic E-state index is 11.4. The molecule has 0 saturated carbocycles. The van der Waals surface area contributed by atoms with E-state index in [2.05, 4.69) is 0 Å². The topological polar surface area (TPSA) is 258 Å². The van der Waals surface area contributed by atoms with E-state index in [0.717, 1.165) is 0 Å². The third kappa shape index (κ3) is 3.19. The summed E-state index contributed by atoms with van der Waals surface area (Å²) in [6.45, 7) is 8.05. The molecular formula is C25H24BNO15. The van der Waals surface area contributed by atoms with Gasteiger partial charge >= 0.3 is 7.12 Å². The fourth-order valence-corrected chi connectivity index (χ4v) is 4.76. The summed E-state index contributed by atoms with van der Waals surface area (Å²) in [6.07, 6.45) is 0. The lowest BCUT2D eigenvalue weighted by molar-refractivity contribution is 0.00578. The van der Waals surface area contributed by atoms with Gasteiger partial charge in [-0.2, -0.15) is 0 Å². The van der Waals surface area contributed by atoms with E-state index in [9.17, 15) is 46.0 Å². The Bertz CT molecular complexity index is 2050. The molecule has 0 unspecified atom stereocenters. The summed E-state index contributed by atoms with van der Waals surface area (Å²) in [5.74, 6) is -9.37. The third-order valence-corrected chi connectivity index (χ3v) is 7.86. The molecule has 9 N–H and O–H groups in total. The lowest BCUT2D eigenvalue weighted by Gasteiger charge is -2.32. The van der Waals surface area contributed by atoms with Crippen molar-refractivity contribution < 1.29 is 73.6 Å². The van der Waals surface area contributed by atoms with Crippen molar-refractivity contribution in [3.63, 3.8) is 0 Å². The van der Waals surface area contributed by atoms with E-state index < -0.39 is 114 Å². The number of benzene rings is 3. The first-order valence-corrected chi connectivity index (χ1v) is 12.3. The van der Waals surface area contributed by atoms with Gasteiger partial charge in [-0.1, -0.05) is 0 Å². The number of aromatic nitrogens is 1. The minimum absolute atomic E-state index is 0.235. The second-order valence-corrected chi connectivity index (χ2v) is 10.8. The monoisotopic (exact) mass is 589 g/mol. The molecule has 0 radical (unpaired) electrons. The number of hydrogen-bond donors (Lipinski definition) is 9. The summed E-state index contributed by atoms with van der Waals surface area (Å²) in [4.78, 5) is 0. The third-order valence-electron chi connectivity index (χ3n) is 7.86. The molecule has 1 fully saturated rings. The molecule has 0 spiro atoms. The molecule has 1 saturated heterocycles. The zero-order valence-corrected chi connectivity index (χ0v) is 22.5. The first-order chi connectivity index (χ1) is 19.5. The molecular weight excluding hydrogens is 565 g/mol. The van der Waals surface area contributed by atoms with Gasteiger partial charge in [-0.25, -0.2) is 0 Å². The highest BCUT2D eigenvalue weighted by Gasteiger charge is 2.54. The van der Waals surface area contributed by atoms with Crippen molar-refractivity contribution in [1.29, 1.82) is 0 Å². The standard InChI is InChI=1S/C25H24BNO15/c1-6-11(28)22-10-23(12(6)29)40-38-21-9(16(33)17(34)18(35)19(21)36)27(10)8-15(32)13(30)7(14(31)20(8)37-39-22)26-41-24(2,3)25(4,5)42-26/h28-36H,1-5H3. The Morgan fingerprint density at radius 1 is 0.476 bits per heavy atom. The van der Waals surface area contributed by atoms with Crippen molar-refractivity contribution in [2.24, 2.45) is 0 Å². The Kier molecular flexibility index (Phi) is 5.28. The smallest absolute Gasteiger partial charge is 0.502 e. The Balaban J connectivity index is 1.96. The number of hydrogen-bond acceptors (Lipinski definition) is 15. The van der Waals surface area contributed by atoms with Gasteiger partial charge in [0.05, 0.1) is 16.7 Å². The van der Waals surface area contributed by atoms with Gasteiger partial charge in [-0.05, 0) is 34.6 Å². The van der Waals surface area contributed by atoms with Crippen molar-refractivity contribution in [3.05, 3.63) is 5.56 Å². The van der Waals surface area contributed by atoms with Crippen molar-refractivity contribution in [2.75, 3.05) is 0 Å². The zero-order chi connectivity index (χ0) is 30.8. The van der Waals surface area contributed by atoms with Gasteiger partial charge in [0.2, 0.25) is 34.0 Å². The van der Waals surface area contributed by atoms with Crippen LogP contribution in [-0.2, 0) is 9.31 Å². The molecule has 1 aliphatic heterocycles. The highest BCUT2D eigenvalue weighted by Crippen LogP contribution is 2.52. The Morgan fingerprint density at radius 3 is 1.33 bits per heavy atom. The lowest BCUT2D eigenvalue weighted by atomic mass is 9.77. The Hall–Kier alpha value is -5.16. The van der Waals surface area contributed by atoms with Crippen LogP contribution in [0.3, 0.4) is 0 Å². The summed E-state index contributed by atoms with van der Waals surface area (Å²) in [5, 5.41) is 97.8. The van der Waals surface area contributed by atoms with Gasteiger partial charge in [0.1, 0.15) is 11.0 Å². The van der Waals surface area contributed by atoms with Gasteiger partial charge in [-0.3, -0.25) is 22.7 Å². The number of aromatic hydroxyl groups is 9. The summed E-state index contributed by atoms with van der Waals surface area (Å²) < 4.78 is 33.5. The van der Waals surface area contributed by atoms with Crippen LogP contribution in [0.2, 0.25) is 0 Å². The molecule has 1 aliphatic rings. The molecule has 6 rings (SSSR count). The average molecular weight is 589 g/mol. The number of phenols is 9. The quantitative estimate of drug-likeness (QED) is 0.0587. The highest BCUT2D eigenvalue weighted by atomic mass is 17.0. The van der Waals surface area contributed by atoms with Crippen molar-refractivity contribution in [2.45, 2.75) is 45.8 Å². The zero-order valence-electron chi connectivity index (χ0n) is 22.5. The average Bonchev–Trinajstić information content (AvgIpc) is 3.07. The molecule has 5 aromatic rings. The largest absolute Gasteiger partial charge is 0.504 e. The second kappa shape index (κ2) is 8.20. The Morgan fingerprint density at radius 2 is 0.857 bits per heavy atom. The first-order valence-electron chi connectivity index (χ1n) is 12.3. The minimum atomic E-state index is -1.46. The predicted molar refractivity (Wildman–Crippen MR) is 141 cm³/mol. The highest BCUT2D eigenvalue weighted by molar-refractivity contribution is 6.65. The molecule has 3 heterocycles. The van der Waals surface area contributed by atoms with Crippen LogP contribution < -0.4 is 5.46 Å². The minimum Gasteiger partial charge on any atom is -0.504 e. The summed E-state index contributed by atoms with van der Waals surface area (Å²) in [6, 6.07) is 0.